The van der Waals surface area contributed by atoms with Gasteiger partial charge in [0.05, 0.1) is 12.5 Å². The van der Waals surface area contributed by atoms with Gasteiger partial charge in [0, 0.05) is 5.56 Å². The molecule has 1 unspecified atom stereocenters. The molecule has 0 radical (unpaired) electrons. The molecule has 0 saturated carbocycles. The maximum Gasteiger partial charge on any atom is 0.229 e. The molecule has 0 spiro atoms. The Balaban J connectivity index is 2.12. The first-order valence-electron chi connectivity index (χ1n) is 7.08. The highest BCUT2D eigenvalue weighted by atomic mass is 16.5. The van der Waals surface area contributed by atoms with Crippen molar-refractivity contribution in [2.24, 2.45) is 5.92 Å². The molecule has 1 aromatic carbocycles. The van der Waals surface area contributed by atoms with Gasteiger partial charge in [-0.1, -0.05) is 57.1 Å². The summed E-state index contributed by atoms with van der Waals surface area (Å²) in [5, 5.41) is 13.8. The monoisotopic (exact) mass is 274 g/mol. The van der Waals surface area contributed by atoms with Gasteiger partial charge in [0.1, 0.15) is 0 Å². The van der Waals surface area contributed by atoms with Crippen molar-refractivity contribution in [3.8, 4) is 11.4 Å². The Kier molecular flexibility index (Phi) is 4.55. The molecule has 4 heteroatoms. The molecule has 1 aromatic heterocycles. The van der Waals surface area contributed by atoms with Gasteiger partial charge in [-0.2, -0.15) is 4.98 Å². The largest absolute Gasteiger partial charge is 0.392 e. The lowest BCUT2D eigenvalue weighted by Crippen LogP contribution is -2.17. The van der Waals surface area contributed by atoms with Crippen molar-refractivity contribution in [2.45, 2.75) is 46.1 Å². The molecule has 0 fully saturated rings. The summed E-state index contributed by atoms with van der Waals surface area (Å²) >= 11 is 0. The lowest BCUT2D eigenvalue weighted by molar-refractivity contribution is 0.116. The van der Waals surface area contributed by atoms with Crippen molar-refractivity contribution in [3.63, 3.8) is 0 Å². The topological polar surface area (TPSA) is 59.2 Å². The SMILES string of the molecule is CC(C)c1ccc(-c2noc(CC(O)C(C)C)n2)cc1. The zero-order chi connectivity index (χ0) is 14.7. The van der Waals surface area contributed by atoms with Crippen molar-refractivity contribution in [1.82, 2.24) is 10.1 Å². The molecule has 0 aliphatic rings. The van der Waals surface area contributed by atoms with Gasteiger partial charge < -0.3 is 9.63 Å². The van der Waals surface area contributed by atoms with Gasteiger partial charge >= 0.3 is 0 Å². The molecule has 1 heterocycles. The van der Waals surface area contributed by atoms with Crippen LogP contribution in [0.4, 0.5) is 0 Å². The molecule has 0 saturated heterocycles. The van der Waals surface area contributed by atoms with E-state index >= 15 is 0 Å². The summed E-state index contributed by atoms with van der Waals surface area (Å²) in [7, 11) is 0. The van der Waals surface area contributed by atoms with Crippen LogP contribution in [0.2, 0.25) is 0 Å². The highest BCUT2D eigenvalue weighted by molar-refractivity contribution is 5.54. The van der Waals surface area contributed by atoms with Crippen molar-refractivity contribution < 1.29 is 9.63 Å². The summed E-state index contributed by atoms with van der Waals surface area (Å²) in [5.41, 5.74) is 2.22. The molecular weight excluding hydrogens is 252 g/mol. The van der Waals surface area contributed by atoms with Crippen molar-refractivity contribution in [3.05, 3.63) is 35.7 Å². The maximum absolute atomic E-state index is 9.83. The van der Waals surface area contributed by atoms with Crippen LogP contribution in [0.5, 0.6) is 0 Å². The molecule has 4 nitrogen and oxygen atoms in total. The molecule has 0 amide bonds. The summed E-state index contributed by atoms with van der Waals surface area (Å²) in [5.74, 6) is 1.74. The van der Waals surface area contributed by atoms with Gasteiger partial charge in [0.2, 0.25) is 11.7 Å². The van der Waals surface area contributed by atoms with Gasteiger partial charge in [-0.05, 0) is 17.4 Å². The second kappa shape index (κ2) is 6.18. The number of aliphatic hydroxyl groups excluding tert-OH is 1. The van der Waals surface area contributed by atoms with E-state index < -0.39 is 6.10 Å². The van der Waals surface area contributed by atoms with E-state index in [9.17, 15) is 5.11 Å². The summed E-state index contributed by atoms with van der Waals surface area (Å²) in [6.45, 7) is 8.25. The minimum Gasteiger partial charge on any atom is -0.392 e. The molecule has 0 aliphatic heterocycles. The van der Waals surface area contributed by atoms with E-state index in [4.69, 9.17) is 4.52 Å². The molecule has 1 atom stereocenters. The fourth-order valence-corrected chi connectivity index (χ4v) is 1.89. The zero-order valence-electron chi connectivity index (χ0n) is 12.5. The van der Waals surface area contributed by atoms with Crippen LogP contribution in [0.3, 0.4) is 0 Å². The fourth-order valence-electron chi connectivity index (χ4n) is 1.89. The number of rotatable bonds is 5. The highest BCUT2D eigenvalue weighted by Gasteiger charge is 2.15. The smallest absolute Gasteiger partial charge is 0.229 e. The number of aliphatic hydroxyl groups is 1. The van der Waals surface area contributed by atoms with Crippen LogP contribution in [-0.2, 0) is 6.42 Å². The third-order valence-corrected chi connectivity index (χ3v) is 3.46. The predicted octanol–water partition coefficient (Wildman–Crippen LogP) is 3.42. The second-order valence-electron chi connectivity index (χ2n) is 5.80. The van der Waals surface area contributed by atoms with Crippen LogP contribution >= 0.6 is 0 Å². The van der Waals surface area contributed by atoms with E-state index in [1.807, 2.05) is 26.0 Å². The average molecular weight is 274 g/mol. The average Bonchev–Trinajstić information content (AvgIpc) is 2.87. The molecule has 0 aliphatic carbocycles. The quantitative estimate of drug-likeness (QED) is 0.907. The number of hydrogen-bond donors (Lipinski definition) is 1. The van der Waals surface area contributed by atoms with Gasteiger partial charge in [-0.3, -0.25) is 0 Å². The molecule has 1 N–H and O–H groups in total. The molecule has 2 rings (SSSR count). The van der Waals surface area contributed by atoms with Gasteiger partial charge in [-0.25, -0.2) is 0 Å². The molecule has 108 valence electrons. The Morgan fingerprint density at radius 2 is 1.75 bits per heavy atom. The number of hydrogen-bond acceptors (Lipinski definition) is 4. The Bertz CT molecular complexity index is 544. The molecule has 2 aromatic rings. The third kappa shape index (κ3) is 3.45. The Labute approximate surface area is 119 Å². The Morgan fingerprint density at radius 1 is 1.10 bits per heavy atom. The Morgan fingerprint density at radius 3 is 2.30 bits per heavy atom. The highest BCUT2D eigenvalue weighted by Crippen LogP contribution is 2.21. The zero-order valence-corrected chi connectivity index (χ0v) is 12.5. The minimum absolute atomic E-state index is 0.177. The number of aromatic nitrogens is 2. The van der Waals surface area contributed by atoms with E-state index in [1.165, 1.54) is 5.56 Å². The molecule has 0 bridgehead atoms. The third-order valence-electron chi connectivity index (χ3n) is 3.46. The first-order chi connectivity index (χ1) is 9.47. The standard InChI is InChI=1S/C16H22N2O2/c1-10(2)12-5-7-13(8-6-12)16-17-15(20-18-16)9-14(19)11(3)4/h5-8,10-11,14,19H,9H2,1-4H3. The summed E-state index contributed by atoms with van der Waals surface area (Å²) in [6.07, 6.45) is -0.0546. The Hall–Kier alpha value is -1.68. The molecule has 20 heavy (non-hydrogen) atoms. The van der Waals surface area contributed by atoms with E-state index in [-0.39, 0.29) is 5.92 Å². The van der Waals surface area contributed by atoms with Crippen LogP contribution in [0.1, 0.15) is 45.1 Å². The normalized spacial score (nSPS) is 13.2. The van der Waals surface area contributed by atoms with E-state index in [2.05, 4.69) is 36.1 Å². The van der Waals surface area contributed by atoms with Crippen LogP contribution in [0.15, 0.2) is 28.8 Å². The molecular formula is C16H22N2O2. The van der Waals surface area contributed by atoms with E-state index in [0.29, 0.717) is 24.1 Å². The van der Waals surface area contributed by atoms with Crippen molar-refractivity contribution in [2.75, 3.05) is 0 Å². The van der Waals surface area contributed by atoms with Gasteiger partial charge in [-0.15, -0.1) is 0 Å². The van der Waals surface area contributed by atoms with Crippen molar-refractivity contribution in [1.29, 1.82) is 0 Å². The first-order valence-corrected chi connectivity index (χ1v) is 7.08. The minimum atomic E-state index is -0.452. The van der Waals surface area contributed by atoms with Crippen LogP contribution in [0, 0.1) is 5.92 Å². The lowest BCUT2D eigenvalue weighted by atomic mass is 10.0. The van der Waals surface area contributed by atoms with Crippen LogP contribution in [-0.4, -0.2) is 21.4 Å². The van der Waals surface area contributed by atoms with E-state index in [1.54, 1.807) is 0 Å². The van der Waals surface area contributed by atoms with Gasteiger partial charge in [0.15, 0.2) is 0 Å². The lowest BCUT2D eigenvalue weighted by Gasteiger charge is -2.10. The maximum atomic E-state index is 9.83. The number of benzene rings is 1. The van der Waals surface area contributed by atoms with Crippen LogP contribution in [0.25, 0.3) is 11.4 Å². The fraction of sp³-hybridized carbons (Fsp3) is 0.500. The number of nitrogens with zero attached hydrogens (tertiary/aromatic N) is 2. The summed E-state index contributed by atoms with van der Waals surface area (Å²) in [4.78, 5) is 4.34. The summed E-state index contributed by atoms with van der Waals surface area (Å²) < 4.78 is 5.20. The predicted molar refractivity (Wildman–Crippen MR) is 78.4 cm³/mol. The first kappa shape index (κ1) is 14.7. The van der Waals surface area contributed by atoms with Gasteiger partial charge in [0.25, 0.3) is 0 Å². The van der Waals surface area contributed by atoms with Crippen LogP contribution < -0.4 is 0 Å². The second-order valence-corrected chi connectivity index (χ2v) is 5.80. The summed E-state index contributed by atoms with van der Waals surface area (Å²) in [6, 6.07) is 8.17. The van der Waals surface area contributed by atoms with E-state index in [0.717, 1.165) is 5.56 Å². The van der Waals surface area contributed by atoms with Crippen molar-refractivity contribution >= 4 is 0 Å².